The van der Waals surface area contributed by atoms with Crippen molar-refractivity contribution >= 4 is 17.5 Å². The van der Waals surface area contributed by atoms with Gasteiger partial charge in [0.15, 0.2) is 0 Å². The van der Waals surface area contributed by atoms with E-state index >= 15 is 0 Å². The highest BCUT2D eigenvalue weighted by atomic mass is 16.5. The molecule has 0 fully saturated rings. The van der Waals surface area contributed by atoms with Gasteiger partial charge in [0.2, 0.25) is 5.91 Å². The number of nitrogens with one attached hydrogen (secondary N) is 1. The van der Waals surface area contributed by atoms with Crippen molar-refractivity contribution in [2.45, 2.75) is 12.8 Å². The lowest BCUT2D eigenvalue weighted by Crippen LogP contribution is -2.21. The van der Waals surface area contributed by atoms with Gasteiger partial charge in [0, 0.05) is 26.2 Å². The van der Waals surface area contributed by atoms with Gasteiger partial charge in [0.25, 0.3) is 5.91 Å². The molecule has 0 aliphatic heterocycles. The van der Waals surface area contributed by atoms with E-state index in [-0.39, 0.29) is 11.8 Å². The predicted octanol–water partition coefficient (Wildman–Crippen LogP) is 4.42. The highest BCUT2D eigenvalue weighted by Crippen LogP contribution is 2.20. The molecule has 0 heterocycles. The summed E-state index contributed by atoms with van der Waals surface area (Å²) in [6.07, 6.45) is 1.12. The quantitative estimate of drug-likeness (QED) is 0.482. The third-order valence-electron chi connectivity index (χ3n) is 4.82. The lowest BCUT2D eigenvalue weighted by atomic mass is 10.1. The molecule has 0 radical (unpaired) electrons. The van der Waals surface area contributed by atoms with Crippen molar-refractivity contribution in [3.05, 3.63) is 90.0 Å². The first-order valence-corrected chi connectivity index (χ1v) is 10.5. The molecule has 0 saturated heterocycles. The summed E-state index contributed by atoms with van der Waals surface area (Å²) >= 11 is 0. The Morgan fingerprint density at radius 3 is 2.19 bits per heavy atom. The van der Waals surface area contributed by atoms with Gasteiger partial charge in [0.05, 0.1) is 5.56 Å². The SMILES string of the molecule is CN(C)C(=O)CCc1ccc(NC(=O)c2ccccc2OCCOc2ccccc2)cc1. The van der Waals surface area contributed by atoms with Gasteiger partial charge in [0.1, 0.15) is 24.7 Å². The van der Waals surface area contributed by atoms with Crippen molar-refractivity contribution in [2.24, 2.45) is 0 Å². The maximum atomic E-state index is 12.8. The molecule has 0 aliphatic rings. The Kier molecular flexibility index (Phi) is 8.26. The number of hydrogen-bond acceptors (Lipinski definition) is 4. The molecule has 0 spiro atoms. The van der Waals surface area contributed by atoms with E-state index in [1.165, 1.54) is 0 Å². The summed E-state index contributed by atoms with van der Waals surface area (Å²) in [5, 5.41) is 2.90. The highest BCUT2D eigenvalue weighted by Gasteiger charge is 2.13. The fraction of sp³-hybridized carbons (Fsp3) is 0.231. The third-order valence-corrected chi connectivity index (χ3v) is 4.82. The van der Waals surface area contributed by atoms with Crippen LogP contribution in [0.3, 0.4) is 0 Å². The summed E-state index contributed by atoms with van der Waals surface area (Å²) in [5.41, 5.74) is 2.17. The minimum atomic E-state index is -0.250. The zero-order valence-electron chi connectivity index (χ0n) is 18.4. The average Bonchev–Trinajstić information content (AvgIpc) is 2.82. The topological polar surface area (TPSA) is 67.9 Å². The van der Waals surface area contributed by atoms with Crippen LogP contribution >= 0.6 is 0 Å². The van der Waals surface area contributed by atoms with E-state index in [4.69, 9.17) is 9.47 Å². The molecule has 1 N–H and O–H groups in total. The second-order valence-corrected chi connectivity index (χ2v) is 7.45. The molecule has 0 atom stereocenters. The molecule has 0 aliphatic carbocycles. The van der Waals surface area contributed by atoms with E-state index in [0.29, 0.717) is 43.1 Å². The number of ether oxygens (including phenoxy) is 2. The van der Waals surface area contributed by atoms with Gasteiger partial charge in [-0.25, -0.2) is 0 Å². The largest absolute Gasteiger partial charge is 0.490 e. The number of carbonyl (C=O) groups excluding carboxylic acids is 2. The van der Waals surface area contributed by atoms with Crippen molar-refractivity contribution in [3.8, 4) is 11.5 Å². The summed E-state index contributed by atoms with van der Waals surface area (Å²) in [6.45, 7) is 0.692. The predicted molar refractivity (Wildman–Crippen MR) is 125 cm³/mol. The highest BCUT2D eigenvalue weighted by molar-refractivity contribution is 6.06. The number of benzene rings is 3. The zero-order chi connectivity index (χ0) is 22.8. The van der Waals surface area contributed by atoms with E-state index in [1.807, 2.05) is 60.7 Å². The van der Waals surface area contributed by atoms with Gasteiger partial charge in [-0.05, 0) is 48.4 Å². The van der Waals surface area contributed by atoms with E-state index in [2.05, 4.69) is 5.32 Å². The van der Waals surface area contributed by atoms with Crippen LogP contribution in [0.25, 0.3) is 0 Å². The van der Waals surface area contributed by atoms with Crippen LogP contribution < -0.4 is 14.8 Å². The van der Waals surface area contributed by atoms with Crippen molar-refractivity contribution < 1.29 is 19.1 Å². The molecular formula is C26H28N2O4. The standard InChI is InChI=1S/C26H28N2O4/c1-28(2)25(29)17-14-20-12-15-21(16-13-20)27-26(30)23-10-6-7-11-24(23)32-19-18-31-22-8-4-3-5-9-22/h3-13,15-16H,14,17-19H2,1-2H3,(H,27,30). The molecule has 0 aromatic heterocycles. The van der Waals surface area contributed by atoms with Crippen molar-refractivity contribution in [1.29, 1.82) is 0 Å². The van der Waals surface area contributed by atoms with Gasteiger partial charge in [-0.15, -0.1) is 0 Å². The minimum absolute atomic E-state index is 0.0909. The van der Waals surface area contributed by atoms with Crippen LogP contribution in [-0.2, 0) is 11.2 Å². The molecule has 0 bridgehead atoms. The van der Waals surface area contributed by atoms with Crippen LogP contribution in [0.4, 0.5) is 5.69 Å². The minimum Gasteiger partial charge on any atom is -0.490 e. The Hall–Kier alpha value is -3.80. The second-order valence-electron chi connectivity index (χ2n) is 7.45. The Bertz CT molecular complexity index is 1020. The van der Waals surface area contributed by atoms with Gasteiger partial charge < -0.3 is 19.7 Å². The van der Waals surface area contributed by atoms with Crippen LogP contribution in [0.2, 0.25) is 0 Å². The molecule has 3 aromatic carbocycles. The molecular weight excluding hydrogens is 404 g/mol. The molecule has 32 heavy (non-hydrogen) atoms. The number of carbonyl (C=O) groups is 2. The smallest absolute Gasteiger partial charge is 0.259 e. The van der Waals surface area contributed by atoms with Gasteiger partial charge in [-0.2, -0.15) is 0 Å². The average molecular weight is 433 g/mol. The van der Waals surface area contributed by atoms with E-state index in [1.54, 1.807) is 37.2 Å². The number of anilines is 1. The lowest BCUT2D eigenvalue weighted by Gasteiger charge is -2.13. The van der Waals surface area contributed by atoms with Gasteiger partial charge >= 0.3 is 0 Å². The fourth-order valence-electron chi connectivity index (χ4n) is 3.04. The zero-order valence-corrected chi connectivity index (χ0v) is 18.4. The summed E-state index contributed by atoms with van der Waals surface area (Å²) in [5.74, 6) is 1.12. The maximum Gasteiger partial charge on any atom is 0.259 e. The molecule has 2 amide bonds. The summed E-state index contributed by atoms with van der Waals surface area (Å²) in [6, 6.07) is 24.1. The number of amides is 2. The molecule has 6 heteroatoms. The second kappa shape index (κ2) is 11.6. The molecule has 3 rings (SSSR count). The van der Waals surface area contributed by atoms with Crippen LogP contribution in [0.15, 0.2) is 78.9 Å². The number of nitrogens with zero attached hydrogens (tertiary/aromatic N) is 1. The first kappa shape index (κ1) is 22.9. The van der Waals surface area contributed by atoms with Crippen LogP contribution in [0.1, 0.15) is 22.3 Å². The van der Waals surface area contributed by atoms with Crippen molar-refractivity contribution in [3.63, 3.8) is 0 Å². The Labute approximate surface area is 188 Å². The van der Waals surface area contributed by atoms with Crippen LogP contribution in [0.5, 0.6) is 11.5 Å². The Morgan fingerprint density at radius 2 is 1.47 bits per heavy atom. The van der Waals surface area contributed by atoms with Crippen molar-refractivity contribution in [2.75, 3.05) is 32.6 Å². The Balaban J connectivity index is 1.53. The van der Waals surface area contributed by atoms with Crippen LogP contribution in [0, 0.1) is 0 Å². The van der Waals surface area contributed by atoms with Gasteiger partial charge in [-0.1, -0.05) is 42.5 Å². The molecule has 6 nitrogen and oxygen atoms in total. The normalized spacial score (nSPS) is 10.3. The number of aryl methyl sites for hydroxylation is 1. The summed E-state index contributed by atoms with van der Waals surface area (Å²) < 4.78 is 11.4. The maximum absolute atomic E-state index is 12.8. The lowest BCUT2D eigenvalue weighted by molar-refractivity contribution is -0.128. The monoisotopic (exact) mass is 432 g/mol. The fourth-order valence-corrected chi connectivity index (χ4v) is 3.04. The van der Waals surface area contributed by atoms with E-state index < -0.39 is 0 Å². The van der Waals surface area contributed by atoms with E-state index in [9.17, 15) is 9.59 Å². The van der Waals surface area contributed by atoms with Crippen LogP contribution in [-0.4, -0.2) is 44.0 Å². The molecule has 166 valence electrons. The van der Waals surface area contributed by atoms with E-state index in [0.717, 1.165) is 11.3 Å². The van der Waals surface area contributed by atoms with Gasteiger partial charge in [-0.3, -0.25) is 9.59 Å². The molecule has 0 unspecified atom stereocenters. The number of rotatable bonds is 10. The first-order valence-electron chi connectivity index (χ1n) is 10.5. The third kappa shape index (κ3) is 6.87. The number of hydrogen-bond donors (Lipinski definition) is 1. The molecule has 3 aromatic rings. The molecule has 0 saturated carbocycles. The first-order chi connectivity index (χ1) is 15.5. The summed E-state index contributed by atoms with van der Waals surface area (Å²) in [4.78, 5) is 26.1. The number of para-hydroxylation sites is 2. The Morgan fingerprint density at radius 1 is 0.812 bits per heavy atom. The van der Waals surface area contributed by atoms with Crippen molar-refractivity contribution in [1.82, 2.24) is 4.90 Å². The summed E-state index contributed by atoms with van der Waals surface area (Å²) in [7, 11) is 3.50.